The van der Waals surface area contributed by atoms with Crippen LogP contribution < -0.4 is 5.73 Å². The van der Waals surface area contributed by atoms with Crippen LogP contribution in [-0.4, -0.2) is 0 Å². The predicted molar refractivity (Wildman–Crippen MR) is 45.8 cm³/mol. The molecule has 2 N–H and O–H groups in total. The normalized spacial score (nSPS) is 9.00. The Balaban J connectivity index is 0.000000810. The van der Waals surface area contributed by atoms with Gasteiger partial charge in [0.15, 0.2) is 0 Å². The van der Waals surface area contributed by atoms with Gasteiger partial charge in [0, 0.05) is 10.9 Å². The van der Waals surface area contributed by atoms with Gasteiger partial charge in [-0.25, -0.2) is 4.39 Å². The zero-order valence-corrected chi connectivity index (χ0v) is 7.32. The third-order valence-corrected chi connectivity index (χ3v) is 2.31. The molecule has 0 fully saturated rings. The maximum Gasteiger partial charge on any atom is 0.117 e. The van der Waals surface area contributed by atoms with Gasteiger partial charge in [0.25, 0.3) is 0 Å². The molecule has 0 aliphatic heterocycles. The zero-order valence-electron chi connectivity index (χ0n) is 4.93. The third-order valence-electron chi connectivity index (χ3n) is 1.01. The molecule has 0 aliphatic carbocycles. The Hall–Kier alpha value is 0.01000. The summed E-state index contributed by atoms with van der Waals surface area (Å²) in [6.07, 6.45) is 0. The van der Waals surface area contributed by atoms with Crippen LogP contribution in [0.3, 0.4) is 0 Å². The molecule has 0 bridgehead atoms. The summed E-state index contributed by atoms with van der Waals surface area (Å²) in [7, 11) is 0. The molecule has 0 amide bonds. The fourth-order valence-corrected chi connectivity index (χ4v) is 1.43. The summed E-state index contributed by atoms with van der Waals surface area (Å²) in [5, 5.41) is 1.62. The van der Waals surface area contributed by atoms with Crippen molar-refractivity contribution in [3.05, 3.63) is 15.3 Å². The lowest BCUT2D eigenvalue weighted by molar-refractivity contribution is 0.487. The molecular weight excluding hydrogens is 196 g/mol. The number of hydrogen-bond donors (Lipinski definition) is 1. The van der Waals surface area contributed by atoms with E-state index in [-0.39, 0.29) is 12.4 Å². The van der Waals surface area contributed by atoms with Crippen molar-refractivity contribution in [2.75, 3.05) is 5.73 Å². The van der Waals surface area contributed by atoms with Crippen molar-refractivity contribution >= 4 is 41.0 Å². The highest BCUT2D eigenvalue weighted by molar-refractivity contribution is 7.15. The number of hydrogen-bond acceptors (Lipinski definition) is 2. The maximum absolute atomic E-state index is 11.9. The second-order valence-electron chi connectivity index (χ2n) is 1.58. The van der Waals surface area contributed by atoms with Gasteiger partial charge in [0.05, 0.1) is 5.69 Å². The van der Waals surface area contributed by atoms with Gasteiger partial charge >= 0.3 is 0 Å². The topological polar surface area (TPSA) is 26.0 Å². The molecule has 1 nitrogen and oxygen atoms in total. The molecule has 0 spiro atoms. The summed E-state index contributed by atoms with van der Waals surface area (Å²) in [6.45, 7) is -0.533. The molecule has 0 unspecified atom stereocenters. The van der Waals surface area contributed by atoms with Crippen molar-refractivity contribution in [3.63, 3.8) is 0 Å². The summed E-state index contributed by atoms with van der Waals surface area (Å²) in [5.41, 5.74) is 6.22. The minimum absolute atomic E-state index is 0. The van der Waals surface area contributed by atoms with Crippen LogP contribution in [0.1, 0.15) is 5.56 Å². The summed E-state index contributed by atoms with van der Waals surface area (Å²) in [5.74, 6) is 0. The van der Waals surface area contributed by atoms with Crippen molar-refractivity contribution in [1.29, 1.82) is 0 Å². The van der Waals surface area contributed by atoms with Crippen LogP contribution in [0.15, 0.2) is 5.38 Å². The minimum atomic E-state index is -0.533. The second kappa shape index (κ2) is 4.01. The van der Waals surface area contributed by atoms with Crippen LogP contribution in [0.5, 0.6) is 0 Å². The summed E-state index contributed by atoms with van der Waals surface area (Å²) < 4.78 is 12.3. The number of halogens is 3. The summed E-state index contributed by atoms with van der Waals surface area (Å²) in [6, 6.07) is 0. The average molecular weight is 202 g/mol. The summed E-state index contributed by atoms with van der Waals surface area (Å²) >= 11 is 6.79. The zero-order chi connectivity index (χ0) is 6.85. The van der Waals surface area contributed by atoms with Crippen LogP contribution in [0.2, 0.25) is 4.34 Å². The van der Waals surface area contributed by atoms with Crippen LogP contribution in [0, 0.1) is 0 Å². The fourth-order valence-electron chi connectivity index (χ4n) is 0.480. The van der Waals surface area contributed by atoms with E-state index in [2.05, 4.69) is 0 Å². The first-order valence-corrected chi connectivity index (χ1v) is 3.58. The number of nitrogen functional groups attached to an aromatic ring is 1. The Morgan fingerprint density at radius 3 is 2.50 bits per heavy atom. The number of anilines is 1. The van der Waals surface area contributed by atoms with Crippen molar-refractivity contribution in [2.24, 2.45) is 0 Å². The highest BCUT2D eigenvalue weighted by atomic mass is 35.5. The van der Waals surface area contributed by atoms with Crippen molar-refractivity contribution in [1.82, 2.24) is 0 Å². The molecule has 0 aromatic carbocycles. The minimum Gasteiger partial charge on any atom is -0.397 e. The molecule has 0 saturated heterocycles. The second-order valence-corrected chi connectivity index (χ2v) is 3.06. The monoisotopic (exact) mass is 201 g/mol. The first-order chi connectivity index (χ1) is 4.25. The summed E-state index contributed by atoms with van der Waals surface area (Å²) in [4.78, 5) is 0. The van der Waals surface area contributed by atoms with E-state index in [0.29, 0.717) is 15.6 Å². The Morgan fingerprint density at radius 2 is 2.30 bits per heavy atom. The van der Waals surface area contributed by atoms with Crippen molar-refractivity contribution in [3.8, 4) is 0 Å². The quantitative estimate of drug-likeness (QED) is 0.744. The molecule has 0 radical (unpaired) electrons. The largest absolute Gasteiger partial charge is 0.397 e. The third kappa shape index (κ3) is 1.75. The SMILES string of the molecule is Cl.Nc1c(CF)csc1Cl. The molecule has 10 heavy (non-hydrogen) atoms. The van der Waals surface area contributed by atoms with E-state index in [1.54, 1.807) is 5.38 Å². The molecule has 1 aromatic heterocycles. The number of nitrogens with two attached hydrogens (primary N) is 1. The molecule has 1 aromatic rings. The molecular formula is C5H6Cl2FNS. The standard InChI is InChI=1S/C5H5ClFNS.ClH/c6-5-4(8)3(1-7)2-9-5;/h2H,1,8H2;1H. The first kappa shape index (κ1) is 10.0. The van der Waals surface area contributed by atoms with Gasteiger partial charge in [-0.1, -0.05) is 11.6 Å². The molecule has 58 valence electrons. The highest BCUT2D eigenvalue weighted by Gasteiger charge is 2.03. The molecule has 5 heteroatoms. The van der Waals surface area contributed by atoms with Crippen LogP contribution in [0.4, 0.5) is 10.1 Å². The molecule has 0 aliphatic rings. The maximum atomic E-state index is 11.9. The lowest BCUT2D eigenvalue weighted by Gasteiger charge is -1.88. The number of alkyl halides is 1. The Bertz CT molecular complexity index is 213. The van der Waals surface area contributed by atoms with E-state index >= 15 is 0 Å². The van der Waals surface area contributed by atoms with Gasteiger partial charge < -0.3 is 5.73 Å². The molecule has 0 saturated carbocycles. The first-order valence-electron chi connectivity index (χ1n) is 2.33. The predicted octanol–water partition coefficient (Wildman–Crippen LogP) is 2.88. The van der Waals surface area contributed by atoms with Gasteiger partial charge in [-0.15, -0.1) is 23.7 Å². The van der Waals surface area contributed by atoms with Gasteiger partial charge in [-0.2, -0.15) is 0 Å². The molecule has 1 heterocycles. The van der Waals surface area contributed by atoms with Crippen molar-refractivity contribution in [2.45, 2.75) is 6.67 Å². The number of rotatable bonds is 1. The van der Waals surface area contributed by atoms with Crippen LogP contribution in [-0.2, 0) is 6.67 Å². The lowest BCUT2D eigenvalue weighted by atomic mass is 10.3. The van der Waals surface area contributed by atoms with E-state index in [0.717, 1.165) is 0 Å². The average Bonchev–Trinajstić information content (AvgIpc) is 2.15. The van der Waals surface area contributed by atoms with Gasteiger partial charge in [0.2, 0.25) is 0 Å². The molecule has 1 rings (SSSR count). The van der Waals surface area contributed by atoms with Crippen LogP contribution in [0.25, 0.3) is 0 Å². The van der Waals surface area contributed by atoms with Gasteiger partial charge in [0.1, 0.15) is 11.0 Å². The van der Waals surface area contributed by atoms with E-state index in [4.69, 9.17) is 17.3 Å². The van der Waals surface area contributed by atoms with Gasteiger partial charge in [-0.05, 0) is 0 Å². The fraction of sp³-hybridized carbons (Fsp3) is 0.200. The van der Waals surface area contributed by atoms with Crippen molar-refractivity contribution < 1.29 is 4.39 Å². The van der Waals surface area contributed by atoms with E-state index in [1.165, 1.54) is 11.3 Å². The van der Waals surface area contributed by atoms with E-state index in [1.807, 2.05) is 0 Å². The Kier molecular flexibility index (Phi) is 4.01. The van der Waals surface area contributed by atoms with Crippen LogP contribution >= 0.6 is 35.3 Å². The lowest BCUT2D eigenvalue weighted by Crippen LogP contribution is -1.86. The molecule has 0 atom stereocenters. The Labute approximate surface area is 73.4 Å². The van der Waals surface area contributed by atoms with Gasteiger partial charge in [-0.3, -0.25) is 0 Å². The smallest absolute Gasteiger partial charge is 0.117 e. The van der Waals surface area contributed by atoms with E-state index < -0.39 is 6.67 Å². The highest BCUT2D eigenvalue weighted by Crippen LogP contribution is 2.30. The van der Waals surface area contributed by atoms with E-state index in [9.17, 15) is 4.39 Å². The Morgan fingerprint density at radius 1 is 1.70 bits per heavy atom. The number of thiophene rings is 1.